The van der Waals surface area contributed by atoms with Crippen LogP contribution in [0.2, 0.25) is 5.02 Å². The molecule has 0 saturated heterocycles. The summed E-state index contributed by atoms with van der Waals surface area (Å²) in [5, 5.41) is 3.66. The van der Waals surface area contributed by atoms with Gasteiger partial charge in [0.05, 0.1) is 12.1 Å². The van der Waals surface area contributed by atoms with Crippen LogP contribution in [-0.2, 0) is 0 Å². The minimum atomic E-state index is 0.225. The maximum atomic E-state index is 6.04. The Morgan fingerprint density at radius 2 is 2.17 bits per heavy atom. The van der Waals surface area contributed by atoms with Gasteiger partial charge in [0.1, 0.15) is 11.6 Å². The van der Waals surface area contributed by atoms with Crippen molar-refractivity contribution in [2.75, 3.05) is 18.2 Å². The molecule has 18 heavy (non-hydrogen) atoms. The minimum absolute atomic E-state index is 0.225. The van der Waals surface area contributed by atoms with Crippen LogP contribution in [0.4, 0.5) is 17.5 Å². The zero-order valence-corrected chi connectivity index (χ0v) is 10.8. The van der Waals surface area contributed by atoms with Crippen molar-refractivity contribution in [3.05, 3.63) is 35.0 Å². The van der Waals surface area contributed by atoms with Crippen LogP contribution < -0.4 is 15.8 Å². The van der Waals surface area contributed by atoms with E-state index >= 15 is 0 Å². The van der Waals surface area contributed by atoms with E-state index in [0.717, 1.165) is 11.3 Å². The number of anilines is 3. The molecule has 3 N–H and O–H groups in total. The average Bonchev–Trinajstić information content (AvgIpc) is 2.34. The van der Waals surface area contributed by atoms with Crippen molar-refractivity contribution in [1.82, 2.24) is 9.97 Å². The number of hydrogen-bond donors (Lipinski definition) is 2. The fourth-order valence-electron chi connectivity index (χ4n) is 1.46. The van der Waals surface area contributed by atoms with Gasteiger partial charge in [0.25, 0.3) is 0 Å². The summed E-state index contributed by atoms with van der Waals surface area (Å²) < 4.78 is 5.09. The zero-order valence-electron chi connectivity index (χ0n) is 10.1. The highest BCUT2D eigenvalue weighted by Gasteiger charge is 2.05. The van der Waals surface area contributed by atoms with Gasteiger partial charge in [-0.05, 0) is 25.1 Å². The molecule has 0 amide bonds. The molecule has 2 aromatic rings. The first-order valence-corrected chi connectivity index (χ1v) is 5.67. The molecular formula is C12H13ClN4O. The first kappa shape index (κ1) is 12.4. The van der Waals surface area contributed by atoms with Gasteiger partial charge in [-0.2, -0.15) is 4.98 Å². The molecule has 1 aromatic carbocycles. The normalized spacial score (nSPS) is 10.2. The number of ether oxygens (including phenoxy) is 1. The largest absolute Gasteiger partial charge is 0.495 e. The van der Waals surface area contributed by atoms with E-state index in [1.807, 2.05) is 13.0 Å². The molecule has 0 saturated carbocycles. The third kappa shape index (κ3) is 2.62. The van der Waals surface area contributed by atoms with Gasteiger partial charge in [-0.15, -0.1) is 0 Å². The molecular weight excluding hydrogens is 252 g/mol. The molecule has 0 spiro atoms. The number of methoxy groups -OCH3 is 1. The number of nitrogens with one attached hydrogen (secondary N) is 1. The smallest absolute Gasteiger partial charge is 0.221 e. The van der Waals surface area contributed by atoms with Crippen molar-refractivity contribution >= 4 is 29.1 Å². The van der Waals surface area contributed by atoms with E-state index in [2.05, 4.69) is 15.3 Å². The summed E-state index contributed by atoms with van der Waals surface area (Å²) in [5.74, 6) is 1.51. The second kappa shape index (κ2) is 5.10. The Balaban J connectivity index is 2.28. The van der Waals surface area contributed by atoms with Gasteiger partial charge in [0.2, 0.25) is 5.95 Å². The van der Waals surface area contributed by atoms with Gasteiger partial charge in [0, 0.05) is 17.4 Å². The van der Waals surface area contributed by atoms with Gasteiger partial charge < -0.3 is 15.8 Å². The number of aromatic nitrogens is 2. The van der Waals surface area contributed by atoms with Crippen molar-refractivity contribution in [1.29, 1.82) is 0 Å². The zero-order chi connectivity index (χ0) is 13.1. The van der Waals surface area contributed by atoms with Gasteiger partial charge >= 0.3 is 0 Å². The number of halogens is 1. The fourth-order valence-corrected chi connectivity index (χ4v) is 1.72. The van der Waals surface area contributed by atoms with Crippen LogP contribution >= 0.6 is 11.6 Å². The van der Waals surface area contributed by atoms with Gasteiger partial charge in [-0.3, -0.25) is 0 Å². The lowest BCUT2D eigenvalue weighted by Gasteiger charge is -2.10. The van der Waals surface area contributed by atoms with Gasteiger partial charge in [-0.1, -0.05) is 11.6 Å². The van der Waals surface area contributed by atoms with Crippen molar-refractivity contribution in [2.45, 2.75) is 6.92 Å². The number of hydrogen-bond acceptors (Lipinski definition) is 5. The van der Waals surface area contributed by atoms with E-state index in [-0.39, 0.29) is 5.95 Å². The summed E-state index contributed by atoms with van der Waals surface area (Å²) in [4.78, 5) is 8.03. The lowest BCUT2D eigenvalue weighted by molar-refractivity contribution is 0.415. The topological polar surface area (TPSA) is 73.1 Å². The molecule has 94 valence electrons. The minimum Gasteiger partial charge on any atom is -0.495 e. The highest BCUT2D eigenvalue weighted by Crippen LogP contribution is 2.29. The molecule has 0 aliphatic heterocycles. The lowest BCUT2D eigenvalue weighted by Crippen LogP contribution is -2.02. The fraction of sp³-hybridized carbons (Fsp3) is 0.167. The number of nitrogen functional groups attached to an aromatic ring is 1. The van der Waals surface area contributed by atoms with Crippen molar-refractivity contribution in [3.8, 4) is 5.75 Å². The predicted molar refractivity (Wildman–Crippen MR) is 72.5 cm³/mol. The van der Waals surface area contributed by atoms with Crippen LogP contribution in [0.5, 0.6) is 5.75 Å². The van der Waals surface area contributed by atoms with E-state index in [1.54, 1.807) is 25.4 Å². The molecule has 0 fully saturated rings. The maximum Gasteiger partial charge on any atom is 0.221 e. The third-order valence-corrected chi connectivity index (χ3v) is 2.70. The second-order valence-electron chi connectivity index (χ2n) is 3.73. The number of rotatable bonds is 3. The summed E-state index contributed by atoms with van der Waals surface area (Å²) in [6.07, 6.45) is 1.66. The van der Waals surface area contributed by atoms with Crippen LogP contribution in [0.15, 0.2) is 24.4 Å². The molecule has 1 aromatic heterocycles. The molecule has 0 aliphatic rings. The number of nitrogens with two attached hydrogens (primary N) is 1. The quantitative estimate of drug-likeness (QED) is 0.892. The number of nitrogens with zero attached hydrogens (tertiary/aromatic N) is 2. The van der Waals surface area contributed by atoms with Crippen LogP contribution in [0.3, 0.4) is 0 Å². The van der Waals surface area contributed by atoms with E-state index < -0.39 is 0 Å². The SMILES string of the molecule is COc1ccc(Nc2nc(N)ncc2C)cc1Cl. The van der Waals surface area contributed by atoms with Crippen LogP contribution in [0, 0.1) is 6.92 Å². The molecule has 0 aliphatic carbocycles. The van der Waals surface area contributed by atoms with Crippen LogP contribution in [0.1, 0.15) is 5.56 Å². The van der Waals surface area contributed by atoms with Crippen molar-refractivity contribution in [3.63, 3.8) is 0 Å². The van der Waals surface area contributed by atoms with Crippen molar-refractivity contribution in [2.24, 2.45) is 0 Å². The van der Waals surface area contributed by atoms with Crippen LogP contribution in [0.25, 0.3) is 0 Å². The molecule has 0 radical (unpaired) electrons. The summed E-state index contributed by atoms with van der Waals surface area (Å²) >= 11 is 6.04. The Kier molecular flexibility index (Phi) is 3.53. The molecule has 0 bridgehead atoms. The van der Waals surface area contributed by atoms with E-state index in [0.29, 0.717) is 16.6 Å². The third-order valence-electron chi connectivity index (χ3n) is 2.40. The Bertz CT molecular complexity index is 574. The summed E-state index contributed by atoms with van der Waals surface area (Å²) in [5.41, 5.74) is 7.26. The van der Waals surface area contributed by atoms with Gasteiger partial charge in [0.15, 0.2) is 0 Å². The molecule has 0 atom stereocenters. The monoisotopic (exact) mass is 264 g/mol. The first-order valence-electron chi connectivity index (χ1n) is 5.30. The molecule has 6 heteroatoms. The summed E-state index contributed by atoms with van der Waals surface area (Å²) in [7, 11) is 1.57. The van der Waals surface area contributed by atoms with E-state index in [9.17, 15) is 0 Å². The standard InChI is InChI=1S/C12H13ClN4O/c1-7-6-15-12(14)17-11(7)16-8-3-4-10(18-2)9(13)5-8/h3-6H,1-2H3,(H3,14,15,16,17). The summed E-state index contributed by atoms with van der Waals surface area (Å²) in [6, 6.07) is 5.39. The lowest BCUT2D eigenvalue weighted by atomic mass is 10.3. The summed E-state index contributed by atoms with van der Waals surface area (Å²) in [6.45, 7) is 1.90. The first-order chi connectivity index (χ1) is 8.60. The molecule has 5 nitrogen and oxygen atoms in total. The van der Waals surface area contributed by atoms with Gasteiger partial charge in [-0.25, -0.2) is 4.98 Å². The van der Waals surface area contributed by atoms with E-state index in [4.69, 9.17) is 22.1 Å². The highest BCUT2D eigenvalue weighted by molar-refractivity contribution is 6.32. The molecule has 1 heterocycles. The Morgan fingerprint density at radius 1 is 1.39 bits per heavy atom. The van der Waals surface area contributed by atoms with Crippen molar-refractivity contribution < 1.29 is 4.74 Å². The van der Waals surface area contributed by atoms with E-state index in [1.165, 1.54) is 0 Å². The Hall–Kier alpha value is -2.01. The molecule has 0 unspecified atom stereocenters. The Morgan fingerprint density at radius 3 is 2.83 bits per heavy atom. The highest BCUT2D eigenvalue weighted by atomic mass is 35.5. The number of aryl methyl sites for hydroxylation is 1. The predicted octanol–water partition coefficient (Wildman–Crippen LogP) is 2.77. The Labute approximate surface area is 110 Å². The maximum absolute atomic E-state index is 6.04. The second-order valence-corrected chi connectivity index (χ2v) is 4.14. The molecule has 2 rings (SSSR count). The average molecular weight is 265 g/mol. The van der Waals surface area contributed by atoms with Crippen LogP contribution in [-0.4, -0.2) is 17.1 Å². The number of benzene rings is 1.